The maximum absolute atomic E-state index is 5.08. The van der Waals surface area contributed by atoms with Gasteiger partial charge >= 0.3 is 0 Å². The van der Waals surface area contributed by atoms with Gasteiger partial charge in [0.1, 0.15) is 28.8 Å². The van der Waals surface area contributed by atoms with E-state index in [1.54, 1.807) is 37.2 Å². The van der Waals surface area contributed by atoms with Gasteiger partial charge in [0.15, 0.2) is 0 Å². The van der Waals surface area contributed by atoms with E-state index in [0.29, 0.717) is 11.6 Å². The predicted molar refractivity (Wildman–Crippen MR) is 348 cm³/mol. The van der Waals surface area contributed by atoms with E-state index in [1.807, 2.05) is 154 Å². The van der Waals surface area contributed by atoms with Crippen molar-refractivity contribution in [3.63, 3.8) is 0 Å². The van der Waals surface area contributed by atoms with Crippen LogP contribution in [0.5, 0.6) is 0 Å². The Hall–Kier alpha value is -11.2. The number of nitrogens with zero attached hydrogens (tertiary/aromatic N) is 20. The van der Waals surface area contributed by atoms with E-state index < -0.39 is 21.9 Å². The van der Waals surface area contributed by atoms with E-state index in [9.17, 15) is 0 Å². The monoisotopic (exact) mass is 1600 g/mol. The molecular formula is C74H46N20Pt2-6. The van der Waals surface area contributed by atoms with Gasteiger partial charge in [-0.3, -0.25) is 39.9 Å². The Bertz CT molecular complexity index is 5180. The van der Waals surface area contributed by atoms with E-state index >= 15 is 0 Å². The standard InChI is InChI=1S/2C37H23N10.2Pt/c1-46-22-47(35-34(46)42-19-20-43-35)37(32-27(11-5-16-40-32)28-12-6-17-41-33(28)37)24-8-2-7-23(21-24)36(29-13-18-44-45-29)30-25(9-3-14-38-30)26-10-4-15-39-31(26)36;1-46-22-47(35-34(46)42-20-21-43-35)37(32-27(8-4-17-40-32)28-9-5-18-41-33(28)37)24-12-10-23(11-13-24)36(29-14-19-44-45-29)30-25(6-2-15-38-30)26-7-3-16-39-31(26)36;;/h2-20,22H,1H3;2-10,12-22H,1H3;;/q2*-3;;. The number of aromatic nitrogens is 16. The Kier molecular flexibility index (Phi) is 13.6. The van der Waals surface area contributed by atoms with Crippen LogP contribution < -0.4 is 29.8 Å². The molecule has 20 nitrogen and oxygen atoms in total. The first-order chi connectivity index (χ1) is 46.5. The zero-order chi connectivity index (χ0) is 62.3. The van der Waals surface area contributed by atoms with Crippen molar-refractivity contribution in [3.05, 3.63) is 337 Å². The summed E-state index contributed by atoms with van der Waals surface area (Å²) in [6, 6.07) is 56.5. The molecule has 4 aliphatic carbocycles. The van der Waals surface area contributed by atoms with E-state index in [-0.39, 0.29) is 42.1 Å². The number of anilines is 4. The van der Waals surface area contributed by atoms with Crippen molar-refractivity contribution in [2.45, 2.75) is 21.9 Å². The molecule has 0 atom stereocenters. The van der Waals surface area contributed by atoms with E-state index in [0.717, 1.165) is 135 Å². The van der Waals surface area contributed by atoms with Crippen molar-refractivity contribution in [3.8, 4) is 44.5 Å². The molecule has 0 fully saturated rings. The molecule has 468 valence electrons. The maximum Gasteiger partial charge on any atom is 0.142 e. The van der Waals surface area contributed by atoms with Gasteiger partial charge in [0.25, 0.3) is 0 Å². The Morgan fingerprint density at radius 1 is 0.333 bits per heavy atom. The third kappa shape index (κ3) is 7.67. The van der Waals surface area contributed by atoms with Crippen molar-refractivity contribution in [2.24, 2.45) is 0 Å². The van der Waals surface area contributed by atoms with E-state index in [4.69, 9.17) is 49.8 Å². The molecule has 0 spiro atoms. The molecule has 2 aromatic carbocycles. The smallest absolute Gasteiger partial charge is 0.142 e. The summed E-state index contributed by atoms with van der Waals surface area (Å²) in [5, 5.41) is 17.8. The van der Waals surface area contributed by atoms with Crippen LogP contribution >= 0.6 is 0 Å². The maximum atomic E-state index is 5.08. The zero-order valence-corrected chi connectivity index (χ0v) is 55.2. The predicted octanol–water partition coefficient (Wildman–Crippen LogP) is 9.84. The molecule has 20 rings (SSSR count). The number of rotatable bonds is 8. The second kappa shape index (κ2) is 22.2. The van der Waals surface area contributed by atoms with Gasteiger partial charge in [-0.1, -0.05) is 60.7 Å². The molecule has 0 amide bonds. The number of fused-ring (bicyclic) bond motifs is 14. The van der Waals surface area contributed by atoms with Gasteiger partial charge in [-0.25, -0.2) is 19.9 Å². The van der Waals surface area contributed by atoms with Gasteiger partial charge in [-0.2, -0.15) is 74.3 Å². The largest absolute Gasteiger partial charge is 0.581 e. The number of benzene rings is 2. The summed E-state index contributed by atoms with van der Waals surface area (Å²) in [5.41, 5.74) is 15.9. The second-order valence-corrected chi connectivity index (χ2v) is 23.5. The molecule has 96 heavy (non-hydrogen) atoms. The van der Waals surface area contributed by atoms with Crippen LogP contribution in [0.1, 0.15) is 79.2 Å². The van der Waals surface area contributed by atoms with Crippen molar-refractivity contribution in [2.75, 3.05) is 33.7 Å². The average molecular weight is 1610 g/mol. The Morgan fingerprint density at radius 2 is 0.677 bits per heavy atom. The molecule has 0 radical (unpaired) electrons. The molecule has 12 aromatic heterocycles. The molecular weight excluding hydrogens is 1560 g/mol. The Labute approximate surface area is 578 Å². The number of hydrogen-bond donors (Lipinski definition) is 0. The molecule has 6 aliphatic rings. The van der Waals surface area contributed by atoms with Crippen LogP contribution in [0.25, 0.3) is 44.5 Å². The normalized spacial score (nSPS) is 15.6. The topological polar surface area (TPSA) is 222 Å². The number of pyridine rings is 8. The van der Waals surface area contributed by atoms with Gasteiger partial charge < -0.3 is 40.0 Å². The van der Waals surface area contributed by atoms with Gasteiger partial charge in [-0.05, 0) is 62.6 Å². The molecule has 22 heteroatoms. The van der Waals surface area contributed by atoms with Crippen LogP contribution in [0.15, 0.2) is 232 Å². The molecule has 0 unspecified atom stereocenters. The van der Waals surface area contributed by atoms with Gasteiger partial charge in [-0.15, -0.1) is 22.3 Å². The Morgan fingerprint density at radius 3 is 1.05 bits per heavy atom. The first kappa shape index (κ1) is 58.6. The quantitative estimate of drug-likeness (QED) is 0.129. The molecule has 2 aliphatic heterocycles. The van der Waals surface area contributed by atoms with E-state index in [2.05, 4.69) is 131 Å². The summed E-state index contributed by atoms with van der Waals surface area (Å²) < 4.78 is 0. The van der Waals surface area contributed by atoms with Crippen LogP contribution in [-0.4, -0.2) is 84.1 Å². The third-order valence-electron chi connectivity index (χ3n) is 19.1. The summed E-state index contributed by atoms with van der Waals surface area (Å²) in [5.74, 6) is 2.89. The summed E-state index contributed by atoms with van der Waals surface area (Å²) in [6.07, 6.45) is 24.9. The van der Waals surface area contributed by atoms with Crippen molar-refractivity contribution in [1.82, 2.24) is 80.2 Å². The zero-order valence-electron chi connectivity index (χ0n) is 50.7. The number of hydrogen-bond acceptors (Lipinski definition) is 18. The second-order valence-electron chi connectivity index (χ2n) is 23.5. The minimum absolute atomic E-state index is 0. The fraction of sp³-hybridized carbons (Fsp3) is 0.0811. The van der Waals surface area contributed by atoms with Crippen LogP contribution in [0.2, 0.25) is 0 Å². The fourth-order valence-corrected chi connectivity index (χ4v) is 15.5. The molecule has 0 saturated carbocycles. The SMILES string of the molecule is CN1[CH-]N(C2(c3[c-]c(C4(c5cc[n-]n5)c5ncccc5-c5cccnc54)ccc3)c3ncccc3-c3cccnc32)c2nccnc21.CN1[CH-]N(C2(c3c[c-]c(C4(c5cc[n-]n5)c5ncccc5-c5cccnc54)cc3)c3ncccc3-c3cccnc32)c2nccnc21.[Pt].[Pt]. The van der Waals surface area contributed by atoms with Gasteiger partial charge in [0.05, 0.1) is 61.9 Å². The van der Waals surface area contributed by atoms with Crippen LogP contribution in [0, 0.1) is 25.5 Å². The summed E-state index contributed by atoms with van der Waals surface area (Å²) in [7, 11) is 3.95. The third-order valence-corrected chi connectivity index (χ3v) is 19.1. The van der Waals surface area contributed by atoms with Crippen molar-refractivity contribution in [1.29, 1.82) is 0 Å². The van der Waals surface area contributed by atoms with Crippen LogP contribution in [0.4, 0.5) is 23.3 Å². The minimum atomic E-state index is -1.05. The van der Waals surface area contributed by atoms with Crippen molar-refractivity contribution >= 4 is 23.3 Å². The summed E-state index contributed by atoms with van der Waals surface area (Å²) in [6.45, 7) is 4.05. The molecule has 0 N–H and O–H groups in total. The first-order valence-corrected chi connectivity index (χ1v) is 30.4. The summed E-state index contributed by atoms with van der Waals surface area (Å²) in [4.78, 5) is 67.4. The van der Waals surface area contributed by atoms with Gasteiger partial charge in [0, 0.05) is 172 Å². The average Bonchev–Trinajstić information content (AvgIpc) is 1.59. The summed E-state index contributed by atoms with van der Waals surface area (Å²) >= 11 is 0. The van der Waals surface area contributed by atoms with Crippen LogP contribution in [0.3, 0.4) is 0 Å². The van der Waals surface area contributed by atoms with Crippen molar-refractivity contribution < 1.29 is 42.1 Å². The molecule has 0 saturated heterocycles. The minimum Gasteiger partial charge on any atom is -0.581 e. The first-order valence-electron chi connectivity index (χ1n) is 30.4. The van der Waals surface area contributed by atoms with Crippen LogP contribution in [-0.2, 0) is 64.0 Å². The molecule has 14 heterocycles. The van der Waals surface area contributed by atoms with E-state index in [1.165, 1.54) is 0 Å². The molecule has 0 bridgehead atoms. The fourth-order valence-electron chi connectivity index (χ4n) is 15.5. The van der Waals surface area contributed by atoms with Gasteiger partial charge in [0.2, 0.25) is 0 Å². The molecule has 14 aromatic rings. The Balaban J connectivity index is 0.000000142.